The molecule has 2 aromatic rings. The van der Waals surface area contributed by atoms with Crippen molar-refractivity contribution >= 4 is 5.82 Å². The number of halogens is 3. The van der Waals surface area contributed by atoms with Crippen molar-refractivity contribution in [1.82, 2.24) is 25.0 Å². The third kappa shape index (κ3) is 2.81. The second kappa shape index (κ2) is 6.60. The molecule has 1 saturated heterocycles. The topological polar surface area (TPSA) is 81.2 Å². The molecule has 7 nitrogen and oxygen atoms in total. The van der Waals surface area contributed by atoms with Crippen LogP contribution in [-0.4, -0.2) is 58.2 Å². The minimum atomic E-state index is -4.83. The number of anilines is 1. The lowest BCUT2D eigenvalue weighted by molar-refractivity contribution is -0.274. The standard InChI is InChI=1S/C22H27F3N6O/c1-11(2)31-17(21-13-8-15(19(21)18(13)21)30-5-3-27-4-6-30)9-14(29-31)12-7-16(20(26)28-10-12)32-22(23,24)25/h7,9-11,13,15,18-19,27H,3-6,8H2,1-2H3,(H2,26,28)/t13-,15?,18-,19?,21-/m1/s1. The van der Waals surface area contributed by atoms with Gasteiger partial charge in [0.2, 0.25) is 0 Å². The van der Waals surface area contributed by atoms with E-state index < -0.39 is 12.1 Å². The zero-order valence-corrected chi connectivity index (χ0v) is 18.1. The quantitative estimate of drug-likeness (QED) is 0.732. The molecule has 4 saturated carbocycles. The number of pyridine rings is 1. The van der Waals surface area contributed by atoms with Gasteiger partial charge in [-0.1, -0.05) is 0 Å². The van der Waals surface area contributed by atoms with Crippen LogP contribution in [0.25, 0.3) is 11.3 Å². The number of alkyl halides is 3. The minimum Gasteiger partial charge on any atom is -0.402 e. The summed E-state index contributed by atoms with van der Waals surface area (Å²) in [6.07, 6.45) is -2.13. The van der Waals surface area contributed by atoms with E-state index in [1.807, 2.05) is 0 Å². The average molecular weight is 448 g/mol. The first-order chi connectivity index (χ1) is 15.2. The Morgan fingerprint density at radius 1 is 1.22 bits per heavy atom. The second-order valence-corrected chi connectivity index (χ2v) is 9.79. The Balaban J connectivity index is 1.32. The first-order valence-electron chi connectivity index (χ1n) is 11.3. The Hall–Kier alpha value is -2.33. The highest BCUT2D eigenvalue weighted by Gasteiger charge is 2.93. The highest BCUT2D eigenvalue weighted by molar-refractivity contribution is 5.66. The zero-order chi connectivity index (χ0) is 22.4. The summed E-state index contributed by atoms with van der Waals surface area (Å²) < 4.78 is 44.4. The summed E-state index contributed by atoms with van der Waals surface area (Å²) in [6, 6.07) is 4.12. The van der Waals surface area contributed by atoms with Gasteiger partial charge in [0.05, 0.1) is 5.69 Å². The fourth-order valence-corrected chi connectivity index (χ4v) is 6.64. The van der Waals surface area contributed by atoms with Crippen LogP contribution in [0, 0.1) is 17.8 Å². The highest BCUT2D eigenvalue weighted by Crippen LogP contribution is 2.91. The molecule has 32 heavy (non-hydrogen) atoms. The van der Waals surface area contributed by atoms with Gasteiger partial charge in [0.25, 0.3) is 0 Å². The maximum atomic E-state index is 12.7. The number of nitrogens with one attached hydrogen (secondary N) is 1. The molecule has 4 aliphatic carbocycles. The Labute approximate surface area is 184 Å². The molecular formula is C22H27F3N6O. The Morgan fingerprint density at radius 3 is 2.62 bits per heavy atom. The molecule has 2 aromatic heterocycles. The number of nitrogens with two attached hydrogens (primary N) is 1. The monoisotopic (exact) mass is 448 g/mol. The molecule has 3 N–H and O–H groups in total. The van der Waals surface area contributed by atoms with Crippen LogP contribution in [-0.2, 0) is 5.41 Å². The van der Waals surface area contributed by atoms with Gasteiger partial charge in [0, 0.05) is 61.1 Å². The summed E-state index contributed by atoms with van der Waals surface area (Å²) >= 11 is 0. The van der Waals surface area contributed by atoms with Gasteiger partial charge in [-0.05, 0) is 50.2 Å². The van der Waals surface area contributed by atoms with Crippen molar-refractivity contribution in [2.24, 2.45) is 17.8 Å². The maximum absolute atomic E-state index is 12.7. The van der Waals surface area contributed by atoms with Gasteiger partial charge in [-0.25, -0.2) is 4.98 Å². The summed E-state index contributed by atoms with van der Waals surface area (Å²) in [6.45, 7) is 8.48. The van der Waals surface area contributed by atoms with Gasteiger partial charge in [-0.2, -0.15) is 5.10 Å². The maximum Gasteiger partial charge on any atom is 0.573 e. The average Bonchev–Trinajstić information content (AvgIpc) is 3.31. The van der Waals surface area contributed by atoms with E-state index in [-0.39, 0.29) is 17.3 Å². The number of hydrogen-bond donors (Lipinski definition) is 2. The predicted molar refractivity (Wildman–Crippen MR) is 112 cm³/mol. The van der Waals surface area contributed by atoms with Crippen molar-refractivity contribution in [2.45, 2.75) is 44.1 Å². The fourth-order valence-electron chi connectivity index (χ4n) is 6.64. The van der Waals surface area contributed by atoms with E-state index in [1.165, 1.54) is 24.4 Å². The number of nitrogen functional groups attached to an aromatic ring is 1. The molecule has 0 radical (unpaired) electrons. The molecule has 5 aliphatic rings. The SMILES string of the molecule is CC(C)n1nc(-c2cnc(N)c(OC(F)(F)F)c2)cc1[C@]12C3C(N4CCNCC4)C[C@@H]1[C@H]32. The van der Waals surface area contributed by atoms with E-state index in [9.17, 15) is 13.2 Å². The molecule has 5 atom stereocenters. The Kier molecular flexibility index (Phi) is 4.18. The number of nitrogens with zero attached hydrogens (tertiary/aromatic N) is 4. The van der Waals surface area contributed by atoms with Crippen LogP contribution < -0.4 is 15.8 Å². The van der Waals surface area contributed by atoms with Crippen molar-refractivity contribution in [3.63, 3.8) is 0 Å². The molecule has 0 aromatic carbocycles. The first kappa shape index (κ1) is 20.3. The lowest BCUT2D eigenvalue weighted by Gasteiger charge is -2.33. The van der Waals surface area contributed by atoms with Crippen molar-refractivity contribution in [1.29, 1.82) is 0 Å². The van der Waals surface area contributed by atoms with E-state index in [2.05, 4.69) is 44.5 Å². The van der Waals surface area contributed by atoms with Crippen LogP contribution in [0.3, 0.4) is 0 Å². The summed E-state index contributed by atoms with van der Waals surface area (Å²) in [4.78, 5) is 6.56. The second-order valence-electron chi connectivity index (χ2n) is 9.79. The lowest BCUT2D eigenvalue weighted by Crippen LogP contribution is -2.48. The molecule has 172 valence electrons. The van der Waals surface area contributed by atoms with Gasteiger partial charge in [-0.3, -0.25) is 9.58 Å². The smallest absolute Gasteiger partial charge is 0.402 e. The predicted octanol–water partition coefficient (Wildman–Crippen LogP) is 2.80. The molecule has 7 rings (SSSR count). The Morgan fingerprint density at radius 2 is 1.97 bits per heavy atom. The van der Waals surface area contributed by atoms with Crippen molar-refractivity contribution in [3.8, 4) is 17.0 Å². The molecule has 10 heteroatoms. The molecule has 0 spiro atoms. The van der Waals surface area contributed by atoms with Gasteiger partial charge in [0.15, 0.2) is 11.6 Å². The van der Waals surface area contributed by atoms with E-state index >= 15 is 0 Å². The van der Waals surface area contributed by atoms with Crippen LogP contribution in [0.15, 0.2) is 18.3 Å². The van der Waals surface area contributed by atoms with E-state index in [1.54, 1.807) is 0 Å². The normalized spacial score (nSPS) is 33.4. The molecule has 5 fully saturated rings. The van der Waals surface area contributed by atoms with Crippen molar-refractivity contribution < 1.29 is 17.9 Å². The summed E-state index contributed by atoms with van der Waals surface area (Å²) in [5, 5.41) is 8.22. The van der Waals surface area contributed by atoms with Crippen LogP contribution in [0.5, 0.6) is 5.75 Å². The molecule has 2 unspecified atom stereocenters. The van der Waals surface area contributed by atoms with E-state index in [0.717, 1.165) is 32.1 Å². The number of piperazine rings is 1. The number of aromatic nitrogens is 3. The van der Waals surface area contributed by atoms with E-state index in [4.69, 9.17) is 10.8 Å². The Bertz CT molecular complexity index is 1060. The van der Waals surface area contributed by atoms with Crippen LogP contribution >= 0.6 is 0 Å². The largest absolute Gasteiger partial charge is 0.573 e. The molecule has 3 heterocycles. The lowest BCUT2D eigenvalue weighted by atomic mass is 9.99. The van der Waals surface area contributed by atoms with Crippen molar-refractivity contribution in [2.75, 3.05) is 31.9 Å². The molecule has 2 bridgehead atoms. The van der Waals surface area contributed by atoms with Gasteiger partial charge < -0.3 is 15.8 Å². The van der Waals surface area contributed by atoms with Gasteiger partial charge >= 0.3 is 6.36 Å². The van der Waals surface area contributed by atoms with Gasteiger partial charge in [-0.15, -0.1) is 13.2 Å². The summed E-state index contributed by atoms with van der Waals surface area (Å²) in [7, 11) is 0. The highest BCUT2D eigenvalue weighted by atomic mass is 19.4. The number of fused-ring (bicyclic) bond motifs is 1. The fraction of sp³-hybridized carbons (Fsp3) is 0.636. The third-order valence-corrected chi connectivity index (χ3v) is 7.92. The van der Waals surface area contributed by atoms with E-state index in [0.29, 0.717) is 29.1 Å². The van der Waals surface area contributed by atoms with Crippen LogP contribution in [0.4, 0.5) is 19.0 Å². The van der Waals surface area contributed by atoms with Crippen LogP contribution in [0.1, 0.15) is 32.0 Å². The third-order valence-electron chi connectivity index (χ3n) is 7.92. The summed E-state index contributed by atoms with van der Waals surface area (Å²) in [5.41, 5.74) is 8.09. The number of rotatable bonds is 5. The molecular weight excluding hydrogens is 421 g/mol. The number of hydrogen-bond acceptors (Lipinski definition) is 6. The van der Waals surface area contributed by atoms with Crippen molar-refractivity contribution in [3.05, 3.63) is 24.0 Å². The van der Waals surface area contributed by atoms with Crippen LogP contribution in [0.2, 0.25) is 0 Å². The first-order valence-corrected chi connectivity index (χ1v) is 11.3. The minimum absolute atomic E-state index is 0.152. The number of ether oxygens (including phenoxy) is 1. The molecule has 0 amide bonds. The molecule has 1 aliphatic heterocycles. The summed E-state index contributed by atoms with van der Waals surface area (Å²) in [5.74, 6) is 1.29. The zero-order valence-electron chi connectivity index (χ0n) is 18.1. The van der Waals surface area contributed by atoms with Gasteiger partial charge in [0.1, 0.15) is 0 Å².